The van der Waals surface area contributed by atoms with Gasteiger partial charge in [-0.15, -0.1) is 0 Å². The van der Waals surface area contributed by atoms with Crippen LogP contribution < -0.4 is 40.8 Å². The number of aromatic amines is 1. The van der Waals surface area contributed by atoms with Crippen molar-refractivity contribution < 1.29 is 64.7 Å². The largest absolute Gasteiger partial charge is 1.00 e. The molecule has 1 aliphatic heterocycles. The minimum atomic E-state index is -4.37. The normalized spacial score (nSPS) is 24.5. The second-order valence-electron chi connectivity index (χ2n) is 5.37. The number of H-pyrrole nitrogens is 1. The van der Waals surface area contributed by atoms with Crippen molar-refractivity contribution in [3.05, 3.63) is 39.2 Å². The average Bonchev–Trinajstić information content (AvgIpc) is 2.85. The fourth-order valence-electron chi connectivity index (χ4n) is 2.30. The quantitative estimate of drug-likeness (QED) is 0.265. The van der Waals surface area contributed by atoms with Gasteiger partial charge in [0.2, 0.25) is 0 Å². The summed E-state index contributed by atoms with van der Waals surface area (Å²) in [7, 11) is -4.37. The van der Waals surface area contributed by atoms with E-state index < -0.39 is 56.0 Å². The summed E-state index contributed by atoms with van der Waals surface area (Å²) in [5.74, 6) is -1.51. The Bertz CT molecular complexity index is 842. The van der Waals surface area contributed by atoms with Crippen LogP contribution in [0.2, 0.25) is 0 Å². The Morgan fingerprint density at radius 3 is 2.81 bits per heavy atom. The molecule has 13 heteroatoms. The van der Waals surface area contributed by atoms with Crippen LogP contribution in [-0.2, 0) is 18.6 Å². The smallest absolute Gasteiger partial charge is 1.00 e. The van der Waals surface area contributed by atoms with Crippen LogP contribution in [-0.4, -0.2) is 55.6 Å². The number of carbonyl (C=O) groups is 1. The van der Waals surface area contributed by atoms with Gasteiger partial charge in [-0.3, -0.25) is 23.7 Å². The molecular formula is C13H18N2NaO9P. The molecular weight excluding hydrogens is 382 g/mol. The van der Waals surface area contributed by atoms with Crippen LogP contribution in [0.25, 0.3) is 6.08 Å². The van der Waals surface area contributed by atoms with Gasteiger partial charge in [-0.1, -0.05) is 12.7 Å². The molecule has 140 valence electrons. The van der Waals surface area contributed by atoms with Crippen LogP contribution in [0.15, 0.2) is 22.4 Å². The minimum absolute atomic E-state index is 0. The van der Waals surface area contributed by atoms with E-state index in [-0.39, 0.29) is 43.0 Å². The zero-order valence-electron chi connectivity index (χ0n) is 14.9. The molecule has 0 bridgehead atoms. The number of aliphatic hydroxyl groups is 1. The number of hydrogen-bond donors (Lipinski definition) is 4. The number of nitrogens with zero attached hydrogens (tertiary/aromatic N) is 1. The number of aliphatic carboxylic acids is 1. The Morgan fingerprint density at radius 1 is 1.58 bits per heavy atom. The minimum Gasteiger partial charge on any atom is -1.00 e. The van der Waals surface area contributed by atoms with Gasteiger partial charge >= 0.3 is 48.8 Å². The summed E-state index contributed by atoms with van der Waals surface area (Å²) in [6.45, 7) is 2.91. The topological polar surface area (TPSA) is 168 Å². The van der Waals surface area contributed by atoms with E-state index in [1.54, 1.807) is 0 Å². The van der Waals surface area contributed by atoms with Gasteiger partial charge in [-0.25, -0.2) is 4.79 Å². The molecule has 1 aliphatic rings. The molecule has 1 unspecified atom stereocenters. The molecule has 0 saturated carbocycles. The summed E-state index contributed by atoms with van der Waals surface area (Å²) in [4.78, 5) is 45.3. The third-order valence-corrected chi connectivity index (χ3v) is 4.73. The number of hydrogen-bond acceptors (Lipinski definition) is 7. The maximum Gasteiger partial charge on any atom is 1.00 e. The molecule has 1 aromatic heterocycles. The predicted octanol–water partition coefficient (Wildman–Crippen LogP) is -3.77. The molecule has 1 saturated heterocycles. The van der Waals surface area contributed by atoms with Gasteiger partial charge in [0.25, 0.3) is 5.56 Å². The first-order valence-corrected chi connectivity index (χ1v) is 8.89. The molecule has 11 nitrogen and oxygen atoms in total. The Hall–Kier alpha value is -1.04. The van der Waals surface area contributed by atoms with Crippen LogP contribution in [0.3, 0.4) is 0 Å². The van der Waals surface area contributed by atoms with Crippen molar-refractivity contribution in [3.8, 4) is 0 Å². The molecule has 0 spiro atoms. The summed E-state index contributed by atoms with van der Waals surface area (Å²) >= 11 is 0. The molecule has 0 aromatic carbocycles. The van der Waals surface area contributed by atoms with Crippen molar-refractivity contribution in [1.29, 1.82) is 0 Å². The standard InChI is InChI=1S/C13H17N2O9P.Na.H/c1-2-7-4-15(13(20)14-12(7)19)10-3-8(16)9(24-10)5-23-25(21,22)6-11(17)18;;/h2,4,8-10,16H,1,3,5-6H2,(H,17,18)(H,21,22)(H,14,19,20);;/q;+1;-1/t8-,9+,10+;;/m0../s1. The SMILES string of the molecule is C=Cc1cn([C@H]2C[C@H](O)[C@@H](COP(=O)(O)CC(=O)O)O2)c(=O)[nH]c1=O.[H-].[Na+]. The van der Waals surface area contributed by atoms with E-state index in [1.165, 1.54) is 12.3 Å². The van der Waals surface area contributed by atoms with Crippen molar-refractivity contribution in [3.63, 3.8) is 0 Å². The first-order chi connectivity index (χ1) is 11.6. The van der Waals surface area contributed by atoms with E-state index in [4.69, 9.17) is 9.84 Å². The van der Waals surface area contributed by atoms with E-state index in [1.807, 2.05) is 0 Å². The summed E-state index contributed by atoms with van der Waals surface area (Å²) in [5.41, 5.74) is -1.25. The molecule has 4 atom stereocenters. The van der Waals surface area contributed by atoms with Crippen molar-refractivity contribution in [1.82, 2.24) is 9.55 Å². The van der Waals surface area contributed by atoms with Crippen molar-refractivity contribution >= 4 is 19.6 Å². The maximum atomic E-state index is 11.9. The fraction of sp³-hybridized carbons (Fsp3) is 0.462. The number of carboxylic acid groups (broad SMARTS) is 1. The molecule has 1 aromatic rings. The summed E-state index contributed by atoms with van der Waals surface area (Å²) < 4.78 is 22.7. The van der Waals surface area contributed by atoms with E-state index in [9.17, 15) is 28.9 Å². The molecule has 2 heterocycles. The summed E-state index contributed by atoms with van der Waals surface area (Å²) in [6, 6.07) is 0. The van der Waals surface area contributed by atoms with Gasteiger partial charge in [0, 0.05) is 12.6 Å². The van der Waals surface area contributed by atoms with Gasteiger partial charge in [0.15, 0.2) is 0 Å². The molecule has 0 aliphatic carbocycles. The van der Waals surface area contributed by atoms with Gasteiger partial charge in [0.1, 0.15) is 18.5 Å². The van der Waals surface area contributed by atoms with Gasteiger partial charge in [-0.05, 0) is 0 Å². The second kappa shape index (κ2) is 9.25. The number of ether oxygens (including phenoxy) is 1. The van der Waals surface area contributed by atoms with Crippen LogP contribution in [0, 0.1) is 0 Å². The predicted molar refractivity (Wildman–Crippen MR) is 85.3 cm³/mol. The zero-order valence-corrected chi connectivity index (χ0v) is 16.8. The first-order valence-electron chi connectivity index (χ1n) is 7.12. The number of nitrogens with one attached hydrogen (secondary N) is 1. The van der Waals surface area contributed by atoms with Crippen LogP contribution >= 0.6 is 7.60 Å². The summed E-state index contributed by atoms with van der Waals surface area (Å²) in [5, 5.41) is 18.5. The number of rotatable bonds is 7. The maximum absolute atomic E-state index is 11.9. The third kappa shape index (κ3) is 5.73. The van der Waals surface area contributed by atoms with Gasteiger partial charge < -0.3 is 25.8 Å². The second-order valence-corrected chi connectivity index (χ2v) is 7.22. The van der Waals surface area contributed by atoms with Crippen LogP contribution in [0.5, 0.6) is 0 Å². The molecule has 26 heavy (non-hydrogen) atoms. The van der Waals surface area contributed by atoms with E-state index in [0.717, 1.165) is 4.57 Å². The number of aliphatic hydroxyl groups excluding tert-OH is 1. The first kappa shape index (κ1) is 23.0. The Labute approximate surface area is 170 Å². The molecule has 0 amide bonds. The van der Waals surface area contributed by atoms with E-state index in [0.29, 0.717) is 0 Å². The molecule has 1 fully saturated rings. The van der Waals surface area contributed by atoms with Crippen LogP contribution in [0.4, 0.5) is 0 Å². The van der Waals surface area contributed by atoms with Crippen molar-refractivity contribution in [2.45, 2.75) is 24.9 Å². The van der Waals surface area contributed by atoms with E-state index in [2.05, 4.69) is 16.1 Å². The van der Waals surface area contributed by atoms with Crippen molar-refractivity contribution in [2.24, 2.45) is 0 Å². The van der Waals surface area contributed by atoms with Crippen molar-refractivity contribution in [2.75, 3.05) is 12.8 Å². The molecule has 0 radical (unpaired) electrons. The Kier molecular flexibility index (Phi) is 8.18. The zero-order chi connectivity index (χ0) is 18.8. The third-order valence-electron chi connectivity index (χ3n) is 3.51. The Balaban J connectivity index is 0.00000338. The average molecular weight is 400 g/mol. The van der Waals surface area contributed by atoms with Gasteiger partial charge in [-0.2, -0.15) is 0 Å². The number of aromatic nitrogens is 2. The van der Waals surface area contributed by atoms with E-state index >= 15 is 0 Å². The summed E-state index contributed by atoms with van der Waals surface area (Å²) in [6.07, 6.45) is -1.77. The molecule has 2 rings (SSSR count). The van der Waals surface area contributed by atoms with Gasteiger partial charge in [0.05, 0.1) is 18.3 Å². The fourth-order valence-corrected chi connectivity index (χ4v) is 3.12. The van der Waals surface area contributed by atoms with Crippen LogP contribution in [0.1, 0.15) is 19.6 Å². The monoisotopic (exact) mass is 400 g/mol. The molecule has 4 N–H and O–H groups in total. The number of carboxylic acids is 1. The Morgan fingerprint density at radius 2 is 2.23 bits per heavy atom.